The van der Waals surface area contributed by atoms with Gasteiger partial charge in [-0.2, -0.15) is 9.97 Å². The van der Waals surface area contributed by atoms with Gasteiger partial charge in [-0.1, -0.05) is 6.07 Å². The summed E-state index contributed by atoms with van der Waals surface area (Å²) in [6.45, 7) is 3.83. The zero-order chi connectivity index (χ0) is 25.2. The summed E-state index contributed by atoms with van der Waals surface area (Å²) in [5.41, 5.74) is 7.62. The van der Waals surface area contributed by atoms with Crippen molar-refractivity contribution in [2.75, 3.05) is 29.0 Å². The van der Waals surface area contributed by atoms with Crippen molar-refractivity contribution in [2.24, 2.45) is 0 Å². The largest absolute Gasteiger partial charge is 0.394 e. The number of halogens is 3. The number of benzene rings is 1. The fraction of sp³-hybridized carbons (Fsp3) is 0.565. The number of anilines is 3. The molecule has 0 radical (unpaired) electrons. The number of hydrogen-bond donors (Lipinski definition) is 4. The van der Waals surface area contributed by atoms with E-state index >= 15 is 0 Å². The van der Waals surface area contributed by atoms with Crippen LogP contribution in [-0.4, -0.2) is 64.5 Å². The number of rotatable bonds is 7. The van der Waals surface area contributed by atoms with Gasteiger partial charge in [0.1, 0.15) is 17.9 Å². The van der Waals surface area contributed by atoms with E-state index in [1.54, 1.807) is 6.07 Å². The normalized spacial score (nSPS) is 31.8. The van der Waals surface area contributed by atoms with Gasteiger partial charge in [0.05, 0.1) is 25.4 Å². The molecule has 13 heteroatoms. The van der Waals surface area contributed by atoms with E-state index in [1.165, 1.54) is 6.07 Å². The fourth-order valence-electron chi connectivity index (χ4n) is 5.39. The first-order valence-corrected chi connectivity index (χ1v) is 12.3. The maximum Gasteiger partial charge on any atom is 0.226 e. The molecule has 1 saturated heterocycles. The predicted molar refractivity (Wildman–Crippen MR) is 126 cm³/mol. The SMILES string of the molecule is CC1(C)OC2C(OCCO)CC(N3NNc4c(NC5CC5c5ccc(F)c(F)c5)nc(Cl)nc43)C2O1. The van der Waals surface area contributed by atoms with Crippen molar-refractivity contribution >= 4 is 28.9 Å². The van der Waals surface area contributed by atoms with Crippen LogP contribution < -0.4 is 21.3 Å². The van der Waals surface area contributed by atoms with E-state index in [2.05, 4.69) is 26.2 Å². The Bertz CT molecular complexity index is 1180. The Morgan fingerprint density at radius 1 is 1.22 bits per heavy atom. The average Bonchev–Trinajstić information content (AvgIpc) is 3.16. The maximum atomic E-state index is 13.7. The van der Waals surface area contributed by atoms with Gasteiger partial charge in [-0.15, -0.1) is 5.53 Å². The van der Waals surface area contributed by atoms with Crippen LogP contribution in [0.3, 0.4) is 0 Å². The van der Waals surface area contributed by atoms with E-state index < -0.39 is 17.4 Å². The molecule has 2 aromatic rings. The summed E-state index contributed by atoms with van der Waals surface area (Å²) in [6.07, 6.45) is 0.439. The van der Waals surface area contributed by atoms with Crippen molar-refractivity contribution in [2.45, 2.75) is 68.8 Å². The molecule has 194 valence electrons. The highest BCUT2D eigenvalue weighted by Gasteiger charge is 2.57. The summed E-state index contributed by atoms with van der Waals surface area (Å²) in [5.74, 6) is -1.42. The van der Waals surface area contributed by atoms with Crippen molar-refractivity contribution in [3.8, 4) is 0 Å². The topological polar surface area (TPSA) is 113 Å². The van der Waals surface area contributed by atoms with Gasteiger partial charge in [0.15, 0.2) is 29.1 Å². The lowest BCUT2D eigenvalue weighted by Crippen LogP contribution is -2.49. The van der Waals surface area contributed by atoms with Crippen molar-refractivity contribution < 1.29 is 28.1 Å². The first-order valence-electron chi connectivity index (χ1n) is 11.9. The van der Waals surface area contributed by atoms with Gasteiger partial charge in [0.2, 0.25) is 5.28 Å². The van der Waals surface area contributed by atoms with E-state index in [-0.39, 0.29) is 54.8 Å². The highest BCUT2D eigenvalue weighted by atomic mass is 35.5. The third-order valence-electron chi connectivity index (χ3n) is 7.01. The molecule has 10 nitrogen and oxygen atoms in total. The molecule has 4 aliphatic rings. The van der Waals surface area contributed by atoms with Crippen LogP contribution >= 0.6 is 11.6 Å². The second-order valence-corrected chi connectivity index (χ2v) is 10.3. The minimum atomic E-state index is -0.863. The highest BCUT2D eigenvalue weighted by Crippen LogP contribution is 2.47. The summed E-state index contributed by atoms with van der Waals surface area (Å²) in [6, 6.07) is 3.76. The number of hydrogen-bond acceptors (Lipinski definition) is 10. The molecule has 0 spiro atoms. The van der Waals surface area contributed by atoms with Crippen molar-refractivity contribution in [1.29, 1.82) is 0 Å². The molecular formula is C23H27ClF2N6O4. The lowest BCUT2D eigenvalue weighted by atomic mass is 10.1. The lowest BCUT2D eigenvalue weighted by Gasteiger charge is -2.29. The molecule has 4 N–H and O–H groups in total. The number of ether oxygens (including phenoxy) is 3. The molecule has 0 amide bonds. The number of nitrogens with one attached hydrogen (secondary N) is 3. The van der Waals surface area contributed by atoms with Crippen LogP contribution in [0, 0.1) is 11.6 Å². The smallest absolute Gasteiger partial charge is 0.226 e. The minimum Gasteiger partial charge on any atom is -0.394 e. The first kappa shape index (κ1) is 24.0. The molecule has 6 rings (SSSR count). The number of aromatic nitrogens is 2. The molecule has 6 atom stereocenters. The zero-order valence-corrected chi connectivity index (χ0v) is 20.4. The standard InChI is InChI=1S/C23H27ClF2N6O4/c1-23(2)35-18-15(9-16(19(18)36-23)34-6-5-33)32-21-17(30-31-32)20(28-22(24)29-21)27-14-8-11(14)10-3-4-12(25)13(26)7-10/h3-4,7,11,14-16,18-19,30-31,33H,5-6,8-9H2,1-2H3,(H,27,28,29). The Kier molecular flexibility index (Phi) is 5.93. The number of fused-ring (bicyclic) bond motifs is 2. The first-order chi connectivity index (χ1) is 17.2. The van der Waals surface area contributed by atoms with Crippen LogP contribution in [0.5, 0.6) is 0 Å². The number of aliphatic hydroxyl groups excluding tert-OH is 1. The van der Waals surface area contributed by atoms with Gasteiger partial charge in [-0.05, 0) is 49.6 Å². The van der Waals surface area contributed by atoms with Crippen LogP contribution in [0.1, 0.15) is 38.2 Å². The molecule has 3 heterocycles. The average molecular weight is 525 g/mol. The third-order valence-corrected chi connectivity index (χ3v) is 7.18. The zero-order valence-electron chi connectivity index (χ0n) is 19.7. The molecule has 2 aliphatic heterocycles. The molecule has 1 aromatic heterocycles. The van der Waals surface area contributed by atoms with Crippen LogP contribution in [0.15, 0.2) is 18.2 Å². The molecule has 2 aliphatic carbocycles. The van der Waals surface area contributed by atoms with Crippen molar-refractivity contribution in [1.82, 2.24) is 15.5 Å². The van der Waals surface area contributed by atoms with E-state index in [1.807, 2.05) is 18.9 Å². The van der Waals surface area contributed by atoms with Gasteiger partial charge in [0, 0.05) is 18.4 Å². The van der Waals surface area contributed by atoms with Gasteiger partial charge in [-0.25, -0.2) is 8.78 Å². The Balaban J connectivity index is 1.22. The third kappa shape index (κ3) is 4.25. The second kappa shape index (κ2) is 8.89. The molecule has 1 aromatic carbocycles. The Morgan fingerprint density at radius 2 is 2.03 bits per heavy atom. The predicted octanol–water partition coefficient (Wildman–Crippen LogP) is 2.70. The Morgan fingerprint density at radius 3 is 2.81 bits per heavy atom. The summed E-state index contributed by atoms with van der Waals surface area (Å²) in [5, 5.41) is 14.5. The van der Waals surface area contributed by atoms with Gasteiger partial charge in [0.25, 0.3) is 0 Å². The highest BCUT2D eigenvalue weighted by molar-refractivity contribution is 6.28. The monoisotopic (exact) mass is 524 g/mol. The molecule has 3 fully saturated rings. The molecule has 36 heavy (non-hydrogen) atoms. The van der Waals surface area contributed by atoms with Gasteiger partial charge < -0.3 is 24.6 Å². The van der Waals surface area contributed by atoms with E-state index in [9.17, 15) is 13.9 Å². The number of hydrazine groups is 2. The van der Waals surface area contributed by atoms with Crippen LogP contribution in [0.25, 0.3) is 0 Å². The lowest BCUT2D eigenvalue weighted by molar-refractivity contribution is -0.168. The molecular weight excluding hydrogens is 498 g/mol. The second-order valence-electron chi connectivity index (χ2n) is 9.91. The minimum absolute atomic E-state index is 0.0136. The van der Waals surface area contributed by atoms with Crippen molar-refractivity contribution in [3.05, 3.63) is 40.7 Å². The van der Waals surface area contributed by atoms with E-state index in [0.29, 0.717) is 23.7 Å². The van der Waals surface area contributed by atoms with Crippen molar-refractivity contribution in [3.63, 3.8) is 0 Å². The molecule has 6 unspecified atom stereocenters. The quantitative estimate of drug-likeness (QED) is 0.403. The van der Waals surface area contributed by atoms with E-state index in [4.69, 9.17) is 25.8 Å². The van der Waals surface area contributed by atoms with Crippen LogP contribution in [-0.2, 0) is 14.2 Å². The maximum absolute atomic E-state index is 13.7. The number of aliphatic hydroxyl groups is 1. The van der Waals surface area contributed by atoms with Gasteiger partial charge >= 0.3 is 0 Å². The summed E-state index contributed by atoms with van der Waals surface area (Å²) in [4.78, 5) is 8.81. The van der Waals surface area contributed by atoms with E-state index in [0.717, 1.165) is 18.1 Å². The Hall–Kier alpha value is -2.35. The molecule has 0 bridgehead atoms. The van der Waals surface area contributed by atoms with Gasteiger partial charge in [-0.3, -0.25) is 10.4 Å². The molecule has 2 saturated carbocycles. The summed E-state index contributed by atoms with van der Waals surface area (Å²) in [7, 11) is 0. The number of nitrogens with zero attached hydrogens (tertiary/aromatic N) is 3. The fourth-order valence-corrected chi connectivity index (χ4v) is 5.56. The summed E-state index contributed by atoms with van der Waals surface area (Å²) >= 11 is 6.31. The Labute approximate surface area is 211 Å². The summed E-state index contributed by atoms with van der Waals surface area (Å²) < 4.78 is 45.2. The van der Waals surface area contributed by atoms with Crippen LogP contribution in [0.4, 0.5) is 26.1 Å². The van der Waals surface area contributed by atoms with Crippen LogP contribution in [0.2, 0.25) is 5.28 Å².